The van der Waals surface area contributed by atoms with Crippen LogP contribution in [0.1, 0.15) is 18.2 Å². The molecular formula is C13H14F3N3O. The maximum Gasteiger partial charge on any atom is 0.416 e. The molecule has 0 saturated carbocycles. The smallest absolute Gasteiger partial charge is 0.416 e. The Hall–Kier alpha value is -2.18. The molecule has 2 N–H and O–H groups in total. The summed E-state index contributed by atoms with van der Waals surface area (Å²) >= 11 is 0. The first-order valence-corrected chi connectivity index (χ1v) is 6.02. The minimum Gasteiger partial charge on any atom is -0.487 e. The molecule has 0 amide bonds. The molecule has 1 aromatic heterocycles. The van der Waals surface area contributed by atoms with Crippen LogP contribution in [0.2, 0.25) is 0 Å². The van der Waals surface area contributed by atoms with Crippen molar-refractivity contribution in [3.05, 3.63) is 41.7 Å². The van der Waals surface area contributed by atoms with E-state index in [0.717, 1.165) is 12.1 Å². The molecule has 0 aliphatic heterocycles. The Labute approximate surface area is 114 Å². The first-order valence-electron chi connectivity index (χ1n) is 6.02. The SMILES string of the molecule is CCn1ncc(N)c1COc1cccc(C(F)(F)F)c1. The number of aryl methyl sites for hydroxylation is 1. The highest BCUT2D eigenvalue weighted by molar-refractivity contribution is 5.41. The molecule has 2 aromatic rings. The summed E-state index contributed by atoms with van der Waals surface area (Å²) in [4.78, 5) is 0. The number of ether oxygens (including phenoxy) is 1. The van der Waals surface area contributed by atoms with Crippen molar-refractivity contribution in [1.29, 1.82) is 0 Å². The topological polar surface area (TPSA) is 53.1 Å². The average molecular weight is 285 g/mol. The third-order valence-electron chi connectivity index (χ3n) is 2.82. The monoisotopic (exact) mass is 285 g/mol. The summed E-state index contributed by atoms with van der Waals surface area (Å²) < 4.78 is 44.7. The lowest BCUT2D eigenvalue weighted by molar-refractivity contribution is -0.137. The summed E-state index contributed by atoms with van der Waals surface area (Å²) in [6.45, 7) is 2.57. The number of hydrogen-bond acceptors (Lipinski definition) is 3. The Balaban J connectivity index is 2.13. The van der Waals surface area contributed by atoms with E-state index in [1.165, 1.54) is 18.3 Å². The van der Waals surface area contributed by atoms with Crippen LogP contribution < -0.4 is 10.5 Å². The molecule has 0 atom stereocenters. The number of nitrogen functional groups attached to an aromatic ring is 1. The molecule has 1 aromatic carbocycles. The van der Waals surface area contributed by atoms with Gasteiger partial charge in [0, 0.05) is 6.54 Å². The summed E-state index contributed by atoms with van der Waals surface area (Å²) in [5.74, 6) is 0.142. The highest BCUT2D eigenvalue weighted by Crippen LogP contribution is 2.31. The van der Waals surface area contributed by atoms with E-state index in [4.69, 9.17) is 10.5 Å². The lowest BCUT2D eigenvalue weighted by atomic mass is 10.2. The summed E-state index contributed by atoms with van der Waals surface area (Å²) in [5.41, 5.74) is 6.09. The summed E-state index contributed by atoms with van der Waals surface area (Å²) in [7, 11) is 0. The third kappa shape index (κ3) is 3.04. The second-order valence-electron chi connectivity index (χ2n) is 4.18. The van der Waals surface area contributed by atoms with Gasteiger partial charge in [-0.25, -0.2) is 0 Å². The van der Waals surface area contributed by atoms with Gasteiger partial charge in [0.15, 0.2) is 0 Å². The van der Waals surface area contributed by atoms with Crippen LogP contribution in [0.25, 0.3) is 0 Å². The number of rotatable bonds is 4. The first kappa shape index (κ1) is 14.2. The van der Waals surface area contributed by atoms with E-state index in [0.29, 0.717) is 17.9 Å². The van der Waals surface area contributed by atoms with E-state index in [1.54, 1.807) is 4.68 Å². The van der Waals surface area contributed by atoms with Crippen LogP contribution in [0.3, 0.4) is 0 Å². The maximum absolute atomic E-state index is 12.6. The highest BCUT2D eigenvalue weighted by Gasteiger charge is 2.30. The first-order chi connectivity index (χ1) is 9.41. The molecule has 0 unspecified atom stereocenters. The zero-order chi connectivity index (χ0) is 14.8. The largest absolute Gasteiger partial charge is 0.487 e. The van der Waals surface area contributed by atoms with Gasteiger partial charge in [-0.3, -0.25) is 4.68 Å². The number of alkyl halides is 3. The van der Waals surface area contributed by atoms with Crippen LogP contribution in [0.4, 0.5) is 18.9 Å². The van der Waals surface area contributed by atoms with E-state index >= 15 is 0 Å². The number of halogens is 3. The average Bonchev–Trinajstić information content (AvgIpc) is 2.76. The number of anilines is 1. The zero-order valence-electron chi connectivity index (χ0n) is 10.8. The molecule has 7 heteroatoms. The second-order valence-corrected chi connectivity index (χ2v) is 4.18. The summed E-state index contributed by atoms with van der Waals surface area (Å²) in [5, 5.41) is 4.03. The quantitative estimate of drug-likeness (QED) is 0.939. The number of nitrogens with two attached hydrogens (primary N) is 1. The maximum atomic E-state index is 12.6. The Kier molecular flexibility index (Phi) is 3.87. The van der Waals surface area contributed by atoms with Crippen molar-refractivity contribution in [3.8, 4) is 5.75 Å². The van der Waals surface area contributed by atoms with Gasteiger partial charge in [0.1, 0.15) is 12.4 Å². The Morgan fingerprint density at radius 2 is 2.10 bits per heavy atom. The van der Waals surface area contributed by atoms with Crippen LogP contribution in [0, 0.1) is 0 Å². The second kappa shape index (κ2) is 5.44. The molecule has 0 aliphatic rings. The van der Waals surface area contributed by atoms with Crippen molar-refractivity contribution < 1.29 is 17.9 Å². The van der Waals surface area contributed by atoms with E-state index < -0.39 is 11.7 Å². The number of hydrogen-bond donors (Lipinski definition) is 1. The van der Waals surface area contributed by atoms with Crippen molar-refractivity contribution in [1.82, 2.24) is 9.78 Å². The van der Waals surface area contributed by atoms with E-state index in [2.05, 4.69) is 5.10 Å². The van der Waals surface area contributed by atoms with Crippen molar-refractivity contribution in [3.63, 3.8) is 0 Å². The van der Waals surface area contributed by atoms with Gasteiger partial charge in [-0.2, -0.15) is 18.3 Å². The third-order valence-corrected chi connectivity index (χ3v) is 2.82. The van der Waals surface area contributed by atoms with E-state index in [1.807, 2.05) is 6.92 Å². The zero-order valence-corrected chi connectivity index (χ0v) is 10.8. The lowest BCUT2D eigenvalue weighted by Crippen LogP contribution is -2.09. The van der Waals surface area contributed by atoms with Gasteiger partial charge in [0.25, 0.3) is 0 Å². The van der Waals surface area contributed by atoms with Crippen LogP contribution in [0.5, 0.6) is 5.75 Å². The Morgan fingerprint density at radius 1 is 1.35 bits per heavy atom. The fraction of sp³-hybridized carbons (Fsp3) is 0.308. The van der Waals surface area contributed by atoms with Gasteiger partial charge < -0.3 is 10.5 Å². The molecule has 0 aliphatic carbocycles. The molecule has 1 heterocycles. The lowest BCUT2D eigenvalue weighted by Gasteiger charge is -2.11. The van der Waals surface area contributed by atoms with Crippen molar-refractivity contribution in [2.45, 2.75) is 26.3 Å². The molecule has 0 saturated heterocycles. The number of aromatic nitrogens is 2. The minimum absolute atomic E-state index is 0.0704. The molecule has 0 radical (unpaired) electrons. The van der Waals surface area contributed by atoms with Gasteiger partial charge >= 0.3 is 6.18 Å². The summed E-state index contributed by atoms with van der Waals surface area (Å²) in [6.07, 6.45) is -2.89. The summed E-state index contributed by atoms with van der Waals surface area (Å²) in [6, 6.07) is 4.73. The van der Waals surface area contributed by atoms with Crippen molar-refractivity contribution in [2.75, 3.05) is 5.73 Å². The molecular weight excluding hydrogens is 271 g/mol. The fourth-order valence-electron chi connectivity index (χ4n) is 1.77. The minimum atomic E-state index is -4.39. The van der Waals surface area contributed by atoms with E-state index in [9.17, 15) is 13.2 Å². The van der Waals surface area contributed by atoms with Gasteiger partial charge in [-0.15, -0.1) is 0 Å². The van der Waals surface area contributed by atoms with Gasteiger partial charge in [-0.1, -0.05) is 6.07 Å². The van der Waals surface area contributed by atoms with Crippen molar-refractivity contribution in [2.24, 2.45) is 0 Å². The molecule has 20 heavy (non-hydrogen) atoms. The predicted octanol–water partition coefficient (Wildman–Crippen LogP) is 3.08. The number of benzene rings is 1. The Morgan fingerprint density at radius 3 is 2.75 bits per heavy atom. The van der Waals surface area contributed by atoms with Gasteiger partial charge in [-0.05, 0) is 25.1 Å². The van der Waals surface area contributed by atoms with Crippen LogP contribution in [0.15, 0.2) is 30.5 Å². The van der Waals surface area contributed by atoms with E-state index in [-0.39, 0.29) is 12.4 Å². The van der Waals surface area contributed by atoms with Crippen molar-refractivity contribution >= 4 is 5.69 Å². The normalized spacial score (nSPS) is 11.6. The molecule has 4 nitrogen and oxygen atoms in total. The Bertz CT molecular complexity index is 593. The molecule has 0 spiro atoms. The highest BCUT2D eigenvalue weighted by atomic mass is 19.4. The van der Waals surface area contributed by atoms with Crippen LogP contribution in [-0.2, 0) is 19.3 Å². The standard InChI is InChI=1S/C13H14F3N3O/c1-2-19-12(11(17)7-18-19)8-20-10-5-3-4-9(6-10)13(14,15)16/h3-7H,2,8,17H2,1H3. The number of nitrogens with zero attached hydrogens (tertiary/aromatic N) is 2. The fourth-order valence-corrected chi connectivity index (χ4v) is 1.77. The van der Waals surface area contributed by atoms with Gasteiger partial charge in [0.05, 0.1) is 23.1 Å². The van der Waals surface area contributed by atoms with Gasteiger partial charge in [0.2, 0.25) is 0 Å². The van der Waals surface area contributed by atoms with Crippen LogP contribution in [-0.4, -0.2) is 9.78 Å². The molecule has 0 bridgehead atoms. The van der Waals surface area contributed by atoms with Crippen LogP contribution >= 0.6 is 0 Å². The molecule has 2 rings (SSSR count). The molecule has 108 valence electrons. The predicted molar refractivity (Wildman–Crippen MR) is 68.1 cm³/mol. The molecule has 0 fully saturated rings.